The number of amides is 6. The van der Waals surface area contributed by atoms with E-state index in [0.29, 0.717) is 29.5 Å². The van der Waals surface area contributed by atoms with Gasteiger partial charge in [0.25, 0.3) is 5.91 Å². The zero-order chi connectivity index (χ0) is 112. The molecule has 2 aromatic carbocycles. The molecule has 0 bridgehead atoms. The molecule has 16 N–H and O–H groups in total. The fraction of sp³-hybridized carbons (Fsp3) is 0.607. The number of anilines is 1. The molecule has 2 aliphatic heterocycles. The van der Waals surface area contributed by atoms with E-state index < -0.39 is 241 Å². The maximum Gasteiger partial charge on any atom is 0.483 e. The lowest BCUT2D eigenvalue weighted by atomic mass is 9.94. The number of benzene rings is 2. The number of rotatable bonds is 68. The van der Waals surface area contributed by atoms with Crippen molar-refractivity contribution in [2.24, 2.45) is 0 Å². The zero-order valence-electron chi connectivity index (χ0n) is 90.2. The molecule has 2 fully saturated rings. The van der Waals surface area contributed by atoms with Crippen molar-refractivity contribution >= 4 is 101 Å². The van der Waals surface area contributed by atoms with Crippen LogP contribution in [0, 0.1) is 0 Å². The van der Waals surface area contributed by atoms with E-state index in [4.69, 9.17) is 37.0 Å². The zero-order valence-corrected chi connectivity index (χ0v) is 92.8. The maximum atomic E-state index is 14.4. The second-order valence-corrected chi connectivity index (χ2v) is 43.7. The summed E-state index contributed by atoms with van der Waals surface area (Å²) in [6.07, 6.45) is 21.5. The van der Waals surface area contributed by atoms with Crippen molar-refractivity contribution in [3.8, 4) is 0 Å². The van der Waals surface area contributed by atoms with Crippen LogP contribution in [0.1, 0.15) is 285 Å². The number of aliphatic hydroxyl groups is 4. The van der Waals surface area contributed by atoms with E-state index in [0.717, 1.165) is 163 Å². The van der Waals surface area contributed by atoms with E-state index in [-0.39, 0.29) is 10.3 Å². The predicted octanol–water partition coefficient (Wildman–Crippen LogP) is 14.5. The highest BCUT2D eigenvalue weighted by molar-refractivity contribution is 7.89. The summed E-state index contributed by atoms with van der Waals surface area (Å²) in [6.45, 7) is 29.2. The third-order valence-corrected chi connectivity index (χ3v) is 29.6. The van der Waals surface area contributed by atoms with Crippen LogP contribution < -0.4 is 41.5 Å². The van der Waals surface area contributed by atoms with Crippen molar-refractivity contribution in [2.45, 2.75) is 394 Å². The molecule has 2 saturated heterocycles. The number of fused-ring (bicyclic) bond motifs is 1. The van der Waals surface area contributed by atoms with Crippen LogP contribution in [0.15, 0.2) is 169 Å². The molecule has 4 unspecified atom stereocenters. The molecule has 4 rings (SSSR count). The molecule has 42 heteroatoms. The first kappa shape index (κ1) is 131. The number of carbonyl (C=O) groups is 10. The molecular formula is C107H166N8O31P2S. The molecule has 149 heavy (non-hydrogen) atoms. The summed E-state index contributed by atoms with van der Waals surface area (Å²) in [4.78, 5) is 155. The minimum absolute atomic E-state index is 0.214. The van der Waals surface area contributed by atoms with Gasteiger partial charge in [-0.05, 0) is 277 Å². The predicted molar refractivity (Wildman–Crippen MR) is 568 cm³/mol. The van der Waals surface area contributed by atoms with Crippen molar-refractivity contribution in [3.63, 3.8) is 0 Å². The van der Waals surface area contributed by atoms with Gasteiger partial charge in [0.2, 0.25) is 39.6 Å². The standard InChI is InChI=1S/C107H166N8O31P2S/c1-21-66(2)34-22-35-67(3)36-23-37-68(4)40-25-43-71(7)46-28-49-74(10)58-59-75(11)50-29-47-72(8)44-26-41-69(5)38-24-39-70(6)42-27-45-73(9)48-30-51-76(12)62-63-139-147(133,134)146-148(135,136)145-107-94(111-82(18)119)98(97(90(65-117)143-107)144-106-93(110-81(17)118)96(123)95(122)89(64-116)142-106)140-79(15)100(125)108-77(13)99(124)112-85(60-61-92(120)121)102(127)113-86(104(130)131)54-33-55-87(105(132)141-80(16)101(126)109-78(14)103(128)129)114-149(137,138)91-57-32-52-83-84(91)53-31-56-88(83)115(19)20/h21,31-32,35,37-38,42-44,48-50,52-53,56-57,62,77-80,85-87,89-90,93-98,106-107,114,116-117,122-123H,22-30,33-34,36,39-41,45-47,51,54-55,58-61,63-65H2,1-20H3,(H,108,125)(H,109,126)(H,110,118)(H,111,119)(H,112,124)(H,113,127)(H,120,121)(H,128,129)(H,130,131)(H,133,134)(H,135,136)/b66-21+,67-35+,68-37+,69-38+,70-42+,71-43+,72-44+,73-48+,74-49+,75-50+,76-62+/t77-,78+,79+,80+,85+,86?,87?,89+,90+,93+,94+,95+,96+,97+,98+,106-,107+/m0/s1. The summed E-state index contributed by atoms with van der Waals surface area (Å²) >= 11 is 0. The second-order valence-electron chi connectivity index (χ2n) is 39.0. The van der Waals surface area contributed by atoms with Crippen LogP contribution in [-0.2, 0) is 104 Å². The van der Waals surface area contributed by atoms with Crippen molar-refractivity contribution < 1.29 is 148 Å². The van der Waals surface area contributed by atoms with E-state index >= 15 is 0 Å². The van der Waals surface area contributed by atoms with Crippen LogP contribution in [0.25, 0.3) is 10.8 Å². The Bertz CT molecular complexity index is 5350. The smallest absolute Gasteiger partial charge is 0.481 e. The average Bonchev–Trinajstić information content (AvgIpc) is 0.791. The Morgan fingerprint density at radius 2 is 0.866 bits per heavy atom. The number of aliphatic hydroxyl groups excluding tert-OH is 4. The Balaban J connectivity index is 1.39. The number of sulfonamides is 1. The van der Waals surface area contributed by atoms with Gasteiger partial charge in [0.05, 0.1) is 24.7 Å². The highest BCUT2D eigenvalue weighted by Crippen LogP contribution is 2.61. The van der Waals surface area contributed by atoms with Crippen LogP contribution >= 0.6 is 15.6 Å². The first-order chi connectivity index (χ1) is 70.0. The molecule has 2 aromatic rings. The fourth-order valence-corrected chi connectivity index (χ4v) is 19.8. The highest BCUT2D eigenvalue weighted by Gasteiger charge is 2.56. The van der Waals surface area contributed by atoms with E-state index in [1.165, 1.54) is 74.4 Å². The minimum atomic E-state index is -6.02. The first-order valence-corrected chi connectivity index (χ1v) is 55.4. The number of ether oxygens (including phenoxy) is 5. The molecule has 0 radical (unpaired) electrons. The number of nitrogens with zero attached hydrogens (tertiary/aromatic N) is 1. The lowest BCUT2D eigenvalue weighted by molar-refractivity contribution is -0.331. The number of phosphoric acid groups is 2. The highest BCUT2D eigenvalue weighted by atomic mass is 32.2. The van der Waals surface area contributed by atoms with Crippen molar-refractivity contribution in [2.75, 3.05) is 38.8 Å². The number of allylic oxidation sites excluding steroid dienone is 21. The molecule has 0 aromatic heterocycles. The van der Waals surface area contributed by atoms with Gasteiger partial charge < -0.3 is 106 Å². The van der Waals surface area contributed by atoms with Crippen LogP contribution in [0.5, 0.6) is 0 Å². The number of carbonyl (C=O) groups excluding carboxylic acids is 7. The third kappa shape index (κ3) is 49.7. The first-order valence-electron chi connectivity index (χ1n) is 50.9. The molecule has 2 heterocycles. The number of phosphoric ester groups is 2. The summed E-state index contributed by atoms with van der Waals surface area (Å²) in [5.41, 5.74) is 15.3. The van der Waals surface area contributed by atoms with Gasteiger partial charge in [-0.15, -0.1) is 0 Å². The van der Waals surface area contributed by atoms with E-state index in [1.807, 2.05) is 6.92 Å². The maximum absolute atomic E-state index is 14.4. The van der Waals surface area contributed by atoms with Crippen molar-refractivity contribution in [1.82, 2.24) is 36.6 Å². The third-order valence-electron chi connectivity index (χ3n) is 25.5. The molecule has 0 saturated carbocycles. The Labute approximate surface area is 878 Å². The van der Waals surface area contributed by atoms with Crippen molar-refractivity contribution in [3.05, 3.63) is 165 Å². The molecular weight excluding hydrogens is 1990 g/mol. The summed E-state index contributed by atoms with van der Waals surface area (Å²) in [6, 6.07) is -3.67. The van der Waals surface area contributed by atoms with E-state index in [9.17, 15) is 111 Å². The number of hydrogen-bond acceptors (Lipinski definition) is 27. The lowest BCUT2D eigenvalue weighted by Crippen LogP contribution is -2.70. The summed E-state index contributed by atoms with van der Waals surface area (Å²) < 4.78 is 103. The molecule has 836 valence electrons. The Morgan fingerprint density at radius 1 is 0.450 bits per heavy atom. The minimum Gasteiger partial charge on any atom is -0.481 e. The van der Waals surface area contributed by atoms with E-state index in [2.05, 4.69) is 167 Å². The normalized spacial score (nSPS) is 21.6. The fourth-order valence-electron chi connectivity index (χ4n) is 16.3. The topological polar surface area (TPSA) is 582 Å². The summed E-state index contributed by atoms with van der Waals surface area (Å²) in [5.74, 6) is -12.8. The number of nitrogens with one attached hydrogen (secondary N) is 7. The molecule has 39 nitrogen and oxygen atoms in total. The Morgan fingerprint density at radius 3 is 1.31 bits per heavy atom. The van der Waals surface area contributed by atoms with Gasteiger partial charge >= 0.3 is 39.5 Å². The lowest BCUT2D eigenvalue weighted by Gasteiger charge is -2.49. The molecule has 19 atom stereocenters. The number of hydrogen-bond donors (Lipinski definition) is 16. The van der Waals surface area contributed by atoms with Gasteiger partial charge in [-0.3, -0.25) is 52.2 Å². The van der Waals surface area contributed by atoms with Crippen LogP contribution in [0.2, 0.25) is 0 Å². The quantitative estimate of drug-likeness (QED) is 0.0166. The monoisotopic (exact) mass is 2150 g/mol. The number of carboxylic acid groups (broad SMARTS) is 3. The van der Waals surface area contributed by atoms with Gasteiger partial charge in [-0.1, -0.05) is 152 Å². The van der Waals surface area contributed by atoms with Gasteiger partial charge in [-0.25, -0.2) is 22.3 Å². The molecule has 0 spiro atoms. The molecule has 0 aliphatic carbocycles. The molecule has 2 aliphatic rings. The largest absolute Gasteiger partial charge is 0.483 e. The number of aliphatic carboxylic acids is 3. The summed E-state index contributed by atoms with van der Waals surface area (Å²) in [5, 5.41) is 87.2. The summed E-state index contributed by atoms with van der Waals surface area (Å²) in [7, 11) is -12.9. The average molecular weight is 2150 g/mol. The van der Waals surface area contributed by atoms with Crippen molar-refractivity contribution in [1.29, 1.82) is 0 Å². The Kier molecular flexibility index (Phi) is 59.0. The Hall–Kier alpha value is -9.81. The van der Waals surface area contributed by atoms with Gasteiger partial charge in [0.1, 0.15) is 85.0 Å². The van der Waals surface area contributed by atoms with Crippen LogP contribution in [0.4, 0.5) is 5.69 Å². The van der Waals surface area contributed by atoms with Gasteiger partial charge in [0, 0.05) is 50.8 Å². The van der Waals surface area contributed by atoms with Gasteiger partial charge in [0.15, 0.2) is 18.7 Å². The molecule has 6 amide bonds. The second kappa shape index (κ2) is 66.9. The number of esters is 1. The van der Waals surface area contributed by atoms with E-state index in [1.54, 1.807) is 44.1 Å². The SMILES string of the molecule is C/C=C(\C)CC/C=C(\C)CC/C=C(\C)CC/C=C(\C)CC/C=C(\C)CC/C(C)=C/CC/C(C)=C/CC/C(C)=C/CC/C(C)=C/CC/C(C)=C/CC/C(C)=C/COP(=O)(O)OP(=O)(O)O[C@H]1O[C@H](CO)[C@@H](O[C@@H]2O[C@H](CO)[C@@H](O)[C@H](O)[C@H]2NC(C)=O)[C@H](O[C@H](C)C(=O)N[C@@H](C)C(=O)N[C@H](CCC(=O)O)C(=O)NC(CCCC(NS(=O)(=O)c2cccc3c(N(C)C)cccc23)C(=O)O[C@H](C)C(=O)N[C@H](C)C(=O)O)C(=O)O)[C@H]1NC(C)=O. The van der Waals surface area contributed by atoms with Gasteiger partial charge in [-0.2, -0.15) is 9.03 Å². The number of carboxylic acids is 3. The van der Waals surface area contributed by atoms with Crippen LogP contribution in [-0.4, -0.2) is 251 Å². The van der Waals surface area contributed by atoms with Crippen LogP contribution in [0.3, 0.4) is 0 Å².